The number of methoxy groups -OCH3 is 2. The van der Waals surface area contributed by atoms with E-state index in [1.54, 1.807) is 20.5 Å². The monoisotopic (exact) mass is 293 g/mol. The Bertz CT molecular complexity index is 485. The van der Waals surface area contributed by atoms with Gasteiger partial charge in [0.15, 0.2) is 0 Å². The maximum absolute atomic E-state index is 6.15. The number of hydrogen-bond donors (Lipinski definition) is 0. The second kappa shape index (κ2) is 6.15. The van der Waals surface area contributed by atoms with Crippen LogP contribution in [0.3, 0.4) is 0 Å². The third kappa shape index (κ3) is 3.11. The molecule has 0 aromatic carbocycles. The SMILES string of the molecule is COCCC1COC2(CCN(c3cc(OC)ncn3)C2)C1. The highest BCUT2D eigenvalue weighted by molar-refractivity contribution is 5.43. The first-order valence-electron chi connectivity index (χ1n) is 7.48. The average Bonchev–Trinajstić information content (AvgIpc) is 3.13. The fourth-order valence-electron chi connectivity index (χ4n) is 3.35. The molecule has 6 heteroatoms. The molecule has 1 spiro atoms. The van der Waals surface area contributed by atoms with Crippen LogP contribution in [0.4, 0.5) is 5.82 Å². The van der Waals surface area contributed by atoms with Crippen molar-refractivity contribution in [2.24, 2.45) is 5.92 Å². The zero-order valence-electron chi connectivity index (χ0n) is 12.7. The molecule has 3 heterocycles. The lowest BCUT2D eigenvalue weighted by Crippen LogP contribution is -2.33. The van der Waals surface area contributed by atoms with Gasteiger partial charge in [-0.25, -0.2) is 9.97 Å². The van der Waals surface area contributed by atoms with Crippen LogP contribution in [0, 0.1) is 5.92 Å². The van der Waals surface area contributed by atoms with Crippen LogP contribution in [-0.4, -0.2) is 56.1 Å². The van der Waals surface area contributed by atoms with Crippen molar-refractivity contribution in [2.75, 3.05) is 45.4 Å². The van der Waals surface area contributed by atoms with Crippen LogP contribution in [0.25, 0.3) is 0 Å². The Hall–Kier alpha value is -1.40. The topological polar surface area (TPSA) is 56.7 Å². The van der Waals surface area contributed by atoms with Gasteiger partial charge in [-0.2, -0.15) is 0 Å². The lowest BCUT2D eigenvalue weighted by Gasteiger charge is -2.24. The standard InChI is InChI=1S/C15H23N3O3/c1-19-6-3-12-8-15(21-9-12)4-5-18(10-15)13-7-14(20-2)17-11-16-13/h7,11-12H,3-6,8-10H2,1-2H3. The first-order chi connectivity index (χ1) is 10.2. The van der Waals surface area contributed by atoms with Crippen LogP contribution < -0.4 is 9.64 Å². The number of rotatable bonds is 5. The number of ether oxygens (including phenoxy) is 3. The normalized spacial score (nSPS) is 28.5. The molecule has 1 aromatic rings. The highest BCUT2D eigenvalue weighted by atomic mass is 16.5. The Morgan fingerprint density at radius 2 is 2.33 bits per heavy atom. The van der Waals surface area contributed by atoms with Gasteiger partial charge in [-0.1, -0.05) is 0 Å². The molecule has 116 valence electrons. The van der Waals surface area contributed by atoms with Gasteiger partial charge in [0.25, 0.3) is 0 Å². The summed E-state index contributed by atoms with van der Waals surface area (Å²) in [6.07, 6.45) is 4.81. The van der Waals surface area contributed by atoms with E-state index in [1.165, 1.54) is 0 Å². The van der Waals surface area contributed by atoms with Crippen molar-refractivity contribution in [1.29, 1.82) is 0 Å². The van der Waals surface area contributed by atoms with Gasteiger partial charge in [-0.3, -0.25) is 0 Å². The van der Waals surface area contributed by atoms with E-state index in [9.17, 15) is 0 Å². The molecule has 1 aromatic heterocycles. The summed E-state index contributed by atoms with van der Waals surface area (Å²) in [5, 5.41) is 0. The molecule has 2 fully saturated rings. The van der Waals surface area contributed by atoms with E-state index >= 15 is 0 Å². The molecule has 6 nitrogen and oxygen atoms in total. The van der Waals surface area contributed by atoms with Gasteiger partial charge < -0.3 is 19.1 Å². The zero-order chi connectivity index (χ0) is 14.7. The quantitative estimate of drug-likeness (QED) is 0.820. The number of nitrogens with zero attached hydrogens (tertiary/aromatic N) is 3. The third-order valence-electron chi connectivity index (χ3n) is 4.49. The van der Waals surface area contributed by atoms with Crippen molar-refractivity contribution < 1.29 is 14.2 Å². The molecule has 21 heavy (non-hydrogen) atoms. The molecule has 2 saturated heterocycles. The van der Waals surface area contributed by atoms with Crippen molar-refractivity contribution >= 4 is 5.82 Å². The van der Waals surface area contributed by atoms with E-state index < -0.39 is 0 Å². The molecular formula is C15H23N3O3. The highest BCUT2D eigenvalue weighted by Gasteiger charge is 2.45. The minimum atomic E-state index is -0.00338. The number of hydrogen-bond acceptors (Lipinski definition) is 6. The lowest BCUT2D eigenvalue weighted by atomic mass is 9.92. The summed E-state index contributed by atoms with van der Waals surface area (Å²) in [7, 11) is 3.38. The van der Waals surface area contributed by atoms with Crippen LogP contribution in [0.1, 0.15) is 19.3 Å². The van der Waals surface area contributed by atoms with Crippen molar-refractivity contribution in [3.8, 4) is 5.88 Å². The van der Waals surface area contributed by atoms with E-state index in [-0.39, 0.29) is 5.60 Å². The summed E-state index contributed by atoms with van der Waals surface area (Å²) in [5.74, 6) is 2.14. The smallest absolute Gasteiger partial charge is 0.218 e. The second-order valence-corrected chi connectivity index (χ2v) is 5.94. The van der Waals surface area contributed by atoms with Crippen LogP contribution in [-0.2, 0) is 9.47 Å². The molecule has 0 bridgehead atoms. The van der Waals surface area contributed by atoms with Crippen LogP contribution >= 0.6 is 0 Å². The minimum absolute atomic E-state index is 0.00338. The Kier molecular flexibility index (Phi) is 4.26. The van der Waals surface area contributed by atoms with Gasteiger partial charge in [0, 0.05) is 32.9 Å². The molecule has 2 aliphatic heterocycles. The van der Waals surface area contributed by atoms with E-state index in [0.717, 1.165) is 51.4 Å². The summed E-state index contributed by atoms with van der Waals surface area (Å²) in [6.45, 7) is 3.54. The maximum Gasteiger partial charge on any atom is 0.218 e. The van der Waals surface area contributed by atoms with Crippen molar-refractivity contribution in [3.05, 3.63) is 12.4 Å². The zero-order valence-corrected chi connectivity index (χ0v) is 12.7. The van der Waals surface area contributed by atoms with Crippen molar-refractivity contribution in [3.63, 3.8) is 0 Å². The Morgan fingerprint density at radius 3 is 3.14 bits per heavy atom. The second-order valence-electron chi connectivity index (χ2n) is 5.94. The number of anilines is 1. The minimum Gasteiger partial charge on any atom is -0.481 e. The van der Waals surface area contributed by atoms with Crippen LogP contribution in [0.2, 0.25) is 0 Å². The van der Waals surface area contributed by atoms with Gasteiger partial charge >= 0.3 is 0 Å². The first-order valence-corrected chi connectivity index (χ1v) is 7.48. The summed E-state index contributed by atoms with van der Waals surface area (Å²) in [4.78, 5) is 10.7. The van der Waals surface area contributed by atoms with E-state index in [4.69, 9.17) is 14.2 Å². The first kappa shape index (κ1) is 14.5. The van der Waals surface area contributed by atoms with Crippen LogP contribution in [0.5, 0.6) is 5.88 Å². The predicted molar refractivity (Wildman–Crippen MR) is 78.7 cm³/mol. The molecule has 0 radical (unpaired) electrons. The number of aromatic nitrogens is 2. The van der Waals surface area contributed by atoms with Crippen molar-refractivity contribution in [1.82, 2.24) is 9.97 Å². The summed E-state index contributed by atoms with van der Waals surface area (Å²) >= 11 is 0. The molecule has 0 N–H and O–H groups in total. The predicted octanol–water partition coefficient (Wildman–Crippen LogP) is 1.51. The average molecular weight is 293 g/mol. The van der Waals surface area contributed by atoms with Crippen LogP contribution in [0.15, 0.2) is 12.4 Å². The fourth-order valence-corrected chi connectivity index (χ4v) is 3.35. The molecular weight excluding hydrogens is 270 g/mol. The van der Waals surface area contributed by atoms with Gasteiger partial charge in [0.2, 0.25) is 5.88 Å². The largest absolute Gasteiger partial charge is 0.481 e. The van der Waals surface area contributed by atoms with E-state index in [2.05, 4.69) is 14.9 Å². The van der Waals surface area contributed by atoms with Gasteiger partial charge in [-0.05, 0) is 25.2 Å². The summed E-state index contributed by atoms with van der Waals surface area (Å²) < 4.78 is 16.5. The van der Waals surface area contributed by atoms with E-state index in [0.29, 0.717) is 11.8 Å². The molecule has 2 aliphatic rings. The molecule has 0 amide bonds. The van der Waals surface area contributed by atoms with Gasteiger partial charge in [0.1, 0.15) is 12.1 Å². The van der Waals surface area contributed by atoms with Gasteiger partial charge in [0.05, 0.1) is 19.3 Å². The van der Waals surface area contributed by atoms with Crippen molar-refractivity contribution in [2.45, 2.75) is 24.9 Å². The Morgan fingerprint density at radius 1 is 1.43 bits per heavy atom. The summed E-state index contributed by atoms with van der Waals surface area (Å²) in [5.41, 5.74) is -0.00338. The van der Waals surface area contributed by atoms with Gasteiger partial charge in [-0.15, -0.1) is 0 Å². The lowest BCUT2D eigenvalue weighted by molar-refractivity contribution is 0.0213. The van der Waals surface area contributed by atoms with E-state index in [1.807, 2.05) is 6.07 Å². The molecule has 2 unspecified atom stereocenters. The molecule has 0 aliphatic carbocycles. The molecule has 0 saturated carbocycles. The summed E-state index contributed by atoms with van der Waals surface area (Å²) in [6, 6.07) is 1.89. The maximum atomic E-state index is 6.15. The molecule has 3 rings (SSSR count). The third-order valence-corrected chi connectivity index (χ3v) is 4.49. The molecule has 2 atom stereocenters. The fraction of sp³-hybridized carbons (Fsp3) is 0.733. The Balaban J connectivity index is 1.62. The Labute approximate surface area is 125 Å². The highest BCUT2D eigenvalue weighted by Crippen LogP contribution is 2.40.